The number of aromatic amines is 1. The first kappa shape index (κ1) is 25.2. The number of aryl methyl sites for hydroxylation is 1. The second-order valence-electron chi connectivity index (χ2n) is 10.8. The highest BCUT2D eigenvalue weighted by Crippen LogP contribution is 2.34. The summed E-state index contributed by atoms with van der Waals surface area (Å²) in [5.74, 6) is 1.61. The van der Waals surface area contributed by atoms with Gasteiger partial charge in [0.1, 0.15) is 0 Å². The van der Waals surface area contributed by atoms with Crippen molar-refractivity contribution in [1.82, 2.24) is 14.9 Å². The van der Waals surface area contributed by atoms with Gasteiger partial charge in [-0.25, -0.2) is 4.98 Å². The van der Waals surface area contributed by atoms with Crippen LogP contribution in [0.2, 0.25) is 0 Å². The summed E-state index contributed by atoms with van der Waals surface area (Å²) in [4.78, 5) is 24.6. The highest BCUT2D eigenvalue weighted by Gasteiger charge is 2.28. The Morgan fingerprint density at radius 3 is 2.81 bits per heavy atom. The fourth-order valence-corrected chi connectivity index (χ4v) is 7.24. The molecule has 2 aliphatic carbocycles. The van der Waals surface area contributed by atoms with Gasteiger partial charge in [-0.3, -0.25) is 4.79 Å². The second kappa shape index (κ2) is 11.7. The molecule has 5 rings (SSSR count). The van der Waals surface area contributed by atoms with Gasteiger partial charge in [-0.15, -0.1) is 11.3 Å². The molecule has 0 unspecified atom stereocenters. The van der Waals surface area contributed by atoms with E-state index in [1.54, 1.807) is 17.4 Å². The van der Waals surface area contributed by atoms with Crippen LogP contribution in [0.3, 0.4) is 0 Å². The number of nitrogens with two attached hydrogens (primary N) is 1. The first-order valence-corrected chi connectivity index (χ1v) is 14.7. The van der Waals surface area contributed by atoms with Crippen molar-refractivity contribution in [3.63, 3.8) is 0 Å². The molecule has 0 amide bonds. The minimum atomic E-state index is 0.262. The monoisotopic (exact) mass is 504 g/mol. The van der Waals surface area contributed by atoms with Crippen molar-refractivity contribution in [2.75, 3.05) is 18.8 Å². The van der Waals surface area contributed by atoms with E-state index in [2.05, 4.69) is 33.9 Å². The number of allylic oxidation sites excluding steroid dienone is 1. The van der Waals surface area contributed by atoms with Gasteiger partial charge in [0.15, 0.2) is 10.9 Å². The molecule has 36 heavy (non-hydrogen) atoms. The molecule has 0 bridgehead atoms. The SMILES string of the molecule is CCCN(CCC1CCC(CC(=O)/C=C/c2c[nH]c3ccccc23)CC1)[C@H]1CCc2nc(N)sc2C1. The molecular formula is C30H40N4OS. The number of fused-ring (bicyclic) bond motifs is 2. The lowest BCUT2D eigenvalue weighted by molar-refractivity contribution is -0.115. The average molecular weight is 505 g/mol. The quantitative estimate of drug-likeness (QED) is 0.303. The molecule has 0 radical (unpaired) electrons. The maximum Gasteiger partial charge on any atom is 0.180 e. The lowest BCUT2D eigenvalue weighted by Gasteiger charge is -2.36. The third kappa shape index (κ3) is 6.09. The summed E-state index contributed by atoms with van der Waals surface area (Å²) < 4.78 is 0. The normalized spacial score (nSPS) is 22.4. The molecule has 3 aromatic rings. The molecular weight excluding hydrogens is 464 g/mol. The highest BCUT2D eigenvalue weighted by molar-refractivity contribution is 7.15. The number of carbonyl (C=O) groups is 1. The molecule has 2 heterocycles. The van der Waals surface area contributed by atoms with E-state index in [4.69, 9.17) is 5.73 Å². The molecule has 1 saturated carbocycles. The second-order valence-corrected chi connectivity index (χ2v) is 11.9. The smallest absolute Gasteiger partial charge is 0.180 e. The van der Waals surface area contributed by atoms with Crippen LogP contribution in [0.15, 0.2) is 36.5 Å². The van der Waals surface area contributed by atoms with Crippen molar-refractivity contribution in [3.8, 4) is 0 Å². The molecule has 2 aliphatic rings. The maximum absolute atomic E-state index is 12.7. The Hall–Kier alpha value is -2.44. The molecule has 1 fully saturated rings. The number of rotatable bonds is 10. The summed E-state index contributed by atoms with van der Waals surface area (Å²) in [7, 11) is 0. The van der Waals surface area contributed by atoms with E-state index >= 15 is 0 Å². The standard InChI is InChI=1S/C30H40N4OS/c1-2-16-34(24-12-14-28-29(19-24)36-30(31)33-28)17-15-21-7-9-22(10-8-21)18-25(35)13-11-23-20-32-27-6-4-3-5-26(23)27/h3-6,11,13,20-22,24,32H,2,7-10,12,14-19H2,1H3,(H2,31,33)/b13-11+/t21?,22?,24-/m0/s1. The predicted molar refractivity (Wildman–Crippen MR) is 151 cm³/mol. The Bertz CT molecular complexity index is 1190. The number of thiazole rings is 1. The average Bonchev–Trinajstić information content (AvgIpc) is 3.48. The number of ketones is 1. The number of para-hydroxylation sites is 1. The first-order chi connectivity index (χ1) is 17.6. The van der Waals surface area contributed by atoms with Crippen LogP contribution in [0.4, 0.5) is 5.13 Å². The van der Waals surface area contributed by atoms with Crippen LogP contribution in [0, 0.1) is 11.8 Å². The van der Waals surface area contributed by atoms with Crippen molar-refractivity contribution < 1.29 is 4.79 Å². The van der Waals surface area contributed by atoms with Crippen LogP contribution in [0.25, 0.3) is 17.0 Å². The first-order valence-electron chi connectivity index (χ1n) is 13.8. The zero-order valence-corrected chi connectivity index (χ0v) is 22.4. The molecule has 2 aromatic heterocycles. The molecule has 0 spiro atoms. The van der Waals surface area contributed by atoms with Gasteiger partial charge in [0, 0.05) is 34.4 Å². The summed E-state index contributed by atoms with van der Waals surface area (Å²) in [6.45, 7) is 4.67. The predicted octanol–water partition coefficient (Wildman–Crippen LogP) is 6.65. The van der Waals surface area contributed by atoms with Gasteiger partial charge in [0.05, 0.1) is 5.69 Å². The molecule has 6 heteroatoms. The van der Waals surface area contributed by atoms with Gasteiger partial charge in [0.2, 0.25) is 0 Å². The van der Waals surface area contributed by atoms with Crippen molar-refractivity contribution in [2.24, 2.45) is 11.8 Å². The maximum atomic E-state index is 12.7. The lowest BCUT2D eigenvalue weighted by Crippen LogP contribution is -2.41. The number of aromatic nitrogens is 2. The Morgan fingerprint density at radius 1 is 1.17 bits per heavy atom. The highest BCUT2D eigenvalue weighted by atomic mass is 32.1. The van der Waals surface area contributed by atoms with Crippen molar-refractivity contribution >= 4 is 39.2 Å². The number of hydrogen-bond acceptors (Lipinski definition) is 5. The Balaban J connectivity index is 1.06. The summed E-state index contributed by atoms with van der Waals surface area (Å²) in [6, 6.07) is 8.86. The van der Waals surface area contributed by atoms with E-state index < -0.39 is 0 Å². The van der Waals surface area contributed by atoms with Crippen LogP contribution in [0.5, 0.6) is 0 Å². The number of nitrogens with zero attached hydrogens (tertiary/aromatic N) is 2. The molecule has 3 N–H and O–H groups in total. The fraction of sp³-hybridized carbons (Fsp3) is 0.533. The number of anilines is 1. The van der Waals surface area contributed by atoms with E-state index in [9.17, 15) is 4.79 Å². The molecule has 192 valence electrons. The van der Waals surface area contributed by atoms with Gasteiger partial charge < -0.3 is 15.6 Å². The minimum absolute atomic E-state index is 0.262. The zero-order valence-electron chi connectivity index (χ0n) is 21.5. The van der Waals surface area contributed by atoms with Gasteiger partial charge in [0.25, 0.3) is 0 Å². The number of hydrogen-bond donors (Lipinski definition) is 2. The third-order valence-corrected chi connectivity index (χ3v) is 9.26. The van der Waals surface area contributed by atoms with E-state index in [-0.39, 0.29) is 5.78 Å². The molecule has 1 atom stereocenters. The number of H-pyrrole nitrogens is 1. The number of nitrogen functional groups attached to an aromatic ring is 1. The number of carbonyl (C=O) groups excluding carboxylic acids is 1. The van der Waals surface area contributed by atoms with Crippen LogP contribution in [-0.4, -0.2) is 39.8 Å². The van der Waals surface area contributed by atoms with Crippen molar-refractivity contribution in [1.29, 1.82) is 0 Å². The van der Waals surface area contributed by atoms with E-state index in [1.807, 2.05) is 24.4 Å². The molecule has 5 nitrogen and oxygen atoms in total. The van der Waals surface area contributed by atoms with Crippen LogP contribution >= 0.6 is 11.3 Å². The van der Waals surface area contributed by atoms with Crippen LogP contribution in [-0.2, 0) is 17.6 Å². The van der Waals surface area contributed by atoms with Crippen LogP contribution in [0.1, 0.15) is 74.4 Å². The molecule has 1 aromatic carbocycles. The summed E-state index contributed by atoms with van der Waals surface area (Å²) in [6.07, 6.45) is 17.2. The number of nitrogens with one attached hydrogen (secondary N) is 1. The summed E-state index contributed by atoms with van der Waals surface area (Å²) in [5, 5.41) is 1.90. The van der Waals surface area contributed by atoms with Gasteiger partial charge >= 0.3 is 0 Å². The van der Waals surface area contributed by atoms with Crippen molar-refractivity contribution in [2.45, 2.75) is 77.2 Å². The molecule has 0 aliphatic heterocycles. The van der Waals surface area contributed by atoms with Gasteiger partial charge in [-0.2, -0.15) is 0 Å². The van der Waals surface area contributed by atoms with E-state index in [0.717, 1.165) is 35.0 Å². The van der Waals surface area contributed by atoms with E-state index in [0.29, 0.717) is 18.4 Å². The van der Waals surface area contributed by atoms with Gasteiger partial charge in [-0.1, -0.05) is 38.0 Å². The zero-order chi connectivity index (χ0) is 24.9. The Labute approximate surface area is 219 Å². The van der Waals surface area contributed by atoms with Crippen molar-refractivity contribution in [3.05, 3.63) is 52.7 Å². The third-order valence-electron chi connectivity index (χ3n) is 8.31. The topological polar surface area (TPSA) is 75.0 Å². The molecule has 0 saturated heterocycles. The largest absolute Gasteiger partial charge is 0.375 e. The Morgan fingerprint density at radius 2 is 1.97 bits per heavy atom. The Kier molecular flexibility index (Phi) is 8.22. The fourth-order valence-electron chi connectivity index (χ4n) is 6.29. The lowest BCUT2D eigenvalue weighted by atomic mass is 9.78. The summed E-state index contributed by atoms with van der Waals surface area (Å²) >= 11 is 1.69. The summed E-state index contributed by atoms with van der Waals surface area (Å²) in [5.41, 5.74) is 9.41. The minimum Gasteiger partial charge on any atom is -0.375 e. The van der Waals surface area contributed by atoms with E-state index in [1.165, 1.54) is 74.0 Å². The van der Waals surface area contributed by atoms with Crippen LogP contribution < -0.4 is 5.73 Å². The number of benzene rings is 1. The van der Waals surface area contributed by atoms with Gasteiger partial charge in [-0.05, 0) is 93.7 Å².